The third kappa shape index (κ3) is 9.22. The molecule has 0 amide bonds. The SMILES string of the molecule is C=Cc1ccc(OCCCCCCCCCCC(=O)O)cc1. The Hall–Kier alpha value is -1.77. The van der Waals surface area contributed by atoms with Gasteiger partial charge in [-0.1, -0.05) is 63.3 Å². The minimum Gasteiger partial charge on any atom is -0.494 e. The zero-order valence-corrected chi connectivity index (χ0v) is 13.4. The first-order chi connectivity index (χ1) is 10.7. The predicted molar refractivity (Wildman–Crippen MR) is 91.2 cm³/mol. The van der Waals surface area contributed by atoms with Crippen molar-refractivity contribution < 1.29 is 14.6 Å². The lowest BCUT2D eigenvalue weighted by Crippen LogP contribution is -1.97. The normalized spacial score (nSPS) is 10.4. The Labute approximate surface area is 134 Å². The van der Waals surface area contributed by atoms with Crippen LogP contribution in [0, 0.1) is 0 Å². The molecule has 0 radical (unpaired) electrons. The van der Waals surface area contributed by atoms with E-state index in [9.17, 15) is 4.79 Å². The standard InChI is InChI=1S/C19H28O3/c1-2-17-12-14-18(15-13-17)22-16-10-8-6-4-3-5-7-9-11-19(20)21/h2,12-15H,1,3-11,16H2,(H,20,21). The number of carboxylic acids is 1. The summed E-state index contributed by atoms with van der Waals surface area (Å²) in [5.74, 6) is 0.239. The molecule has 0 saturated carbocycles. The van der Waals surface area contributed by atoms with E-state index in [0.29, 0.717) is 6.42 Å². The molecule has 0 heterocycles. The van der Waals surface area contributed by atoms with E-state index in [4.69, 9.17) is 9.84 Å². The molecule has 0 aromatic heterocycles. The first kappa shape index (κ1) is 18.3. The average molecular weight is 304 g/mol. The summed E-state index contributed by atoms with van der Waals surface area (Å²) in [7, 11) is 0. The second-order valence-electron chi connectivity index (χ2n) is 5.59. The maximum absolute atomic E-state index is 10.4. The van der Waals surface area contributed by atoms with Crippen LogP contribution in [0.5, 0.6) is 5.75 Å². The van der Waals surface area contributed by atoms with E-state index in [2.05, 4.69) is 6.58 Å². The van der Waals surface area contributed by atoms with E-state index in [1.807, 2.05) is 30.3 Å². The Morgan fingerprint density at radius 1 is 0.955 bits per heavy atom. The van der Waals surface area contributed by atoms with Gasteiger partial charge in [0, 0.05) is 6.42 Å². The molecule has 0 aliphatic carbocycles. The van der Waals surface area contributed by atoms with Crippen LogP contribution in [0.25, 0.3) is 6.08 Å². The van der Waals surface area contributed by atoms with Crippen LogP contribution in [0.3, 0.4) is 0 Å². The molecule has 0 fully saturated rings. The summed E-state index contributed by atoms with van der Waals surface area (Å²) >= 11 is 0. The molecule has 1 aromatic rings. The second-order valence-corrected chi connectivity index (χ2v) is 5.59. The molecule has 0 bridgehead atoms. The minimum atomic E-state index is -0.681. The van der Waals surface area contributed by atoms with E-state index < -0.39 is 5.97 Å². The Morgan fingerprint density at radius 2 is 1.50 bits per heavy atom. The Balaban J connectivity index is 1.89. The van der Waals surface area contributed by atoms with E-state index in [0.717, 1.165) is 43.6 Å². The van der Waals surface area contributed by atoms with Crippen molar-refractivity contribution >= 4 is 12.0 Å². The van der Waals surface area contributed by atoms with E-state index in [-0.39, 0.29) is 0 Å². The van der Waals surface area contributed by atoms with Gasteiger partial charge in [0.1, 0.15) is 5.75 Å². The first-order valence-electron chi connectivity index (χ1n) is 8.29. The van der Waals surface area contributed by atoms with Gasteiger partial charge in [0.2, 0.25) is 0 Å². The molecule has 22 heavy (non-hydrogen) atoms. The van der Waals surface area contributed by atoms with Gasteiger partial charge in [0.05, 0.1) is 6.61 Å². The van der Waals surface area contributed by atoms with Crippen molar-refractivity contribution in [2.45, 2.75) is 57.8 Å². The number of carbonyl (C=O) groups is 1. The summed E-state index contributed by atoms with van der Waals surface area (Å²) < 4.78 is 5.70. The third-order valence-electron chi connectivity index (χ3n) is 3.67. The van der Waals surface area contributed by atoms with Crippen molar-refractivity contribution in [2.24, 2.45) is 0 Å². The maximum Gasteiger partial charge on any atom is 0.303 e. The lowest BCUT2D eigenvalue weighted by atomic mass is 10.1. The van der Waals surface area contributed by atoms with Crippen molar-refractivity contribution in [1.82, 2.24) is 0 Å². The summed E-state index contributed by atoms with van der Waals surface area (Å²) in [6, 6.07) is 7.97. The van der Waals surface area contributed by atoms with Gasteiger partial charge < -0.3 is 9.84 Å². The number of rotatable bonds is 13. The Kier molecular flexibility index (Phi) is 9.84. The number of hydrogen-bond donors (Lipinski definition) is 1. The van der Waals surface area contributed by atoms with Crippen molar-refractivity contribution in [2.75, 3.05) is 6.61 Å². The molecule has 0 spiro atoms. The lowest BCUT2D eigenvalue weighted by Gasteiger charge is -2.06. The highest BCUT2D eigenvalue weighted by molar-refractivity contribution is 5.66. The van der Waals surface area contributed by atoms with Crippen LogP contribution in [-0.4, -0.2) is 17.7 Å². The molecule has 1 aromatic carbocycles. The summed E-state index contributed by atoms with van der Waals surface area (Å²) in [6.45, 7) is 4.50. The van der Waals surface area contributed by atoms with E-state index in [1.165, 1.54) is 25.7 Å². The number of hydrogen-bond acceptors (Lipinski definition) is 2. The van der Waals surface area contributed by atoms with Gasteiger partial charge in [-0.15, -0.1) is 0 Å². The van der Waals surface area contributed by atoms with Gasteiger partial charge in [-0.3, -0.25) is 4.79 Å². The zero-order chi connectivity index (χ0) is 16.0. The molecular weight excluding hydrogens is 276 g/mol. The number of carboxylic acid groups (broad SMARTS) is 1. The minimum absolute atomic E-state index is 0.311. The molecule has 3 nitrogen and oxygen atoms in total. The number of aliphatic carboxylic acids is 1. The fourth-order valence-electron chi connectivity index (χ4n) is 2.33. The van der Waals surface area contributed by atoms with Crippen molar-refractivity contribution in [3.8, 4) is 5.75 Å². The molecule has 122 valence electrons. The van der Waals surface area contributed by atoms with Crippen LogP contribution in [0.4, 0.5) is 0 Å². The van der Waals surface area contributed by atoms with Crippen LogP contribution >= 0.6 is 0 Å². The van der Waals surface area contributed by atoms with Crippen LogP contribution in [0.2, 0.25) is 0 Å². The molecule has 0 saturated heterocycles. The molecule has 1 N–H and O–H groups in total. The highest BCUT2D eigenvalue weighted by Gasteiger charge is 1.97. The zero-order valence-electron chi connectivity index (χ0n) is 13.4. The predicted octanol–water partition coefficient (Wildman–Crippen LogP) is 5.30. The number of ether oxygens (including phenoxy) is 1. The van der Waals surface area contributed by atoms with Crippen molar-refractivity contribution in [3.63, 3.8) is 0 Å². The summed E-state index contributed by atoms with van der Waals surface area (Å²) in [6.07, 6.45) is 11.1. The molecule has 0 aliphatic rings. The van der Waals surface area contributed by atoms with Crippen LogP contribution in [-0.2, 0) is 4.79 Å². The second kappa shape index (κ2) is 11.8. The van der Waals surface area contributed by atoms with Gasteiger partial charge in [-0.25, -0.2) is 0 Å². The number of benzene rings is 1. The topological polar surface area (TPSA) is 46.5 Å². The smallest absolute Gasteiger partial charge is 0.303 e. The van der Waals surface area contributed by atoms with Crippen LogP contribution in [0.15, 0.2) is 30.8 Å². The average Bonchev–Trinajstić information content (AvgIpc) is 2.53. The van der Waals surface area contributed by atoms with Gasteiger partial charge in [-0.2, -0.15) is 0 Å². The summed E-state index contributed by atoms with van der Waals surface area (Å²) in [5, 5.41) is 8.53. The van der Waals surface area contributed by atoms with Crippen molar-refractivity contribution in [3.05, 3.63) is 36.4 Å². The molecule has 0 unspecified atom stereocenters. The molecule has 1 rings (SSSR count). The maximum atomic E-state index is 10.4. The largest absolute Gasteiger partial charge is 0.494 e. The summed E-state index contributed by atoms with van der Waals surface area (Å²) in [4.78, 5) is 10.4. The molecule has 0 aliphatic heterocycles. The van der Waals surface area contributed by atoms with Crippen LogP contribution < -0.4 is 4.74 Å². The molecule has 3 heteroatoms. The first-order valence-corrected chi connectivity index (χ1v) is 8.29. The third-order valence-corrected chi connectivity index (χ3v) is 3.67. The fraction of sp³-hybridized carbons (Fsp3) is 0.526. The Morgan fingerprint density at radius 3 is 2.05 bits per heavy atom. The van der Waals surface area contributed by atoms with E-state index in [1.54, 1.807) is 0 Å². The monoisotopic (exact) mass is 304 g/mol. The molecular formula is C19H28O3. The highest BCUT2D eigenvalue weighted by atomic mass is 16.5. The number of unbranched alkanes of at least 4 members (excludes halogenated alkanes) is 7. The van der Waals surface area contributed by atoms with Crippen LogP contribution in [0.1, 0.15) is 63.4 Å². The van der Waals surface area contributed by atoms with Gasteiger partial charge >= 0.3 is 5.97 Å². The Bertz CT molecular complexity index is 423. The van der Waals surface area contributed by atoms with Crippen molar-refractivity contribution in [1.29, 1.82) is 0 Å². The van der Waals surface area contributed by atoms with Gasteiger partial charge in [0.15, 0.2) is 0 Å². The van der Waals surface area contributed by atoms with E-state index >= 15 is 0 Å². The van der Waals surface area contributed by atoms with Gasteiger partial charge in [0.25, 0.3) is 0 Å². The van der Waals surface area contributed by atoms with Gasteiger partial charge in [-0.05, 0) is 30.5 Å². The summed E-state index contributed by atoms with van der Waals surface area (Å²) in [5.41, 5.74) is 1.11. The molecule has 0 atom stereocenters. The highest BCUT2D eigenvalue weighted by Crippen LogP contribution is 2.14. The quantitative estimate of drug-likeness (QED) is 0.503. The fourth-order valence-corrected chi connectivity index (χ4v) is 2.33. The lowest BCUT2D eigenvalue weighted by molar-refractivity contribution is -0.137.